The second-order valence-electron chi connectivity index (χ2n) is 9.11. The Morgan fingerprint density at radius 1 is 0.946 bits per heavy atom. The van der Waals surface area contributed by atoms with Gasteiger partial charge in [0.05, 0.1) is 24.9 Å². The van der Waals surface area contributed by atoms with Crippen LogP contribution in [0.15, 0.2) is 84.9 Å². The molecule has 0 spiro atoms. The lowest BCUT2D eigenvalue weighted by molar-refractivity contribution is -0.135. The van der Waals surface area contributed by atoms with Crippen molar-refractivity contribution in [2.45, 2.75) is 33.2 Å². The number of aryl methyl sites for hydroxylation is 1. The molecule has 0 aliphatic heterocycles. The largest absolute Gasteiger partial charge is 0.497 e. The van der Waals surface area contributed by atoms with E-state index >= 15 is 0 Å². The van der Waals surface area contributed by atoms with E-state index in [1.165, 1.54) is 0 Å². The van der Waals surface area contributed by atoms with Gasteiger partial charge in [-0.05, 0) is 56.2 Å². The number of nitrogens with zero attached hydrogens (tertiary/aromatic N) is 3. The number of carbonyl (C=O) groups is 2. The lowest BCUT2D eigenvalue weighted by Crippen LogP contribution is -2.43. The fourth-order valence-electron chi connectivity index (χ4n) is 4.26. The second kappa shape index (κ2) is 11.6. The minimum Gasteiger partial charge on any atom is -0.497 e. The molecule has 4 rings (SSSR count). The van der Waals surface area contributed by atoms with Crippen LogP contribution in [0.4, 0.5) is 5.82 Å². The first-order valence-electron chi connectivity index (χ1n) is 12.3. The molecule has 4 aromatic rings. The molecular weight excluding hydrogens is 464 g/mol. The van der Waals surface area contributed by atoms with Crippen LogP contribution in [0.1, 0.15) is 25.1 Å². The van der Waals surface area contributed by atoms with E-state index in [0.29, 0.717) is 5.82 Å². The number of hydrogen-bond acceptors (Lipinski definition) is 4. The maximum Gasteiger partial charge on any atom is 0.245 e. The van der Waals surface area contributed by atoms with Gasteiger partial charge in [-0.1, -0.05) is 60.7 Å². The summed E-state index contributed by atoms with van der Waals surface area (Å²) in [4.78, 5) is 28.1. The fraction of sp³-hybridized carbons (Fsp3) is 0.233. The minimum absolute atomic E-state index is 0.0651. The van der Waals surface area contributed by atoms with Crippen LogP contribution in [0.5, 0.6) is 5.75 Å². The Morgan fingerprint density at radius 2 is 1.57 bits per heavy atom. The smallest absolute Gasteiger partial charge is 0.245 e. The van der Waals surface area contributed by atoms with Crippen molar-refractivity contribution in [3.63, 3.8) is 0 Å². The summed E-state index contributed by atoms with van der Waals surface area (Å²) in [7, 11) is 1.62. The lowest BCUT2D eigenvalue weighted by Gasteiger charge is -2.26. The Morgan fingerprint density at radius 3 is 2.16 bits per heavy atom. The Labute approximate surface area is 217 Å². The van der Waals surface area contributed by atoms with Crippen molar-refractivity contribution in [1.29, 1.82) is 0 Å². The van der Waals surface area contributed by atoms with E-state index in [1.54, 1.807) is 16.7 Å². The molecule has 1 aromatic heterocycles. The van der Waals surface area contributed by atoms with Crippen LogP contribution in [0.2, 0.25) is 0 Å². The van der Waals surface area contributed by atoms with Crippen LogP contribution >= 0.6 is 0 Å². The van der Waals surface area contributed by atoms with Gasteiger partial charge in [-0.25, -0.2) is 4.68 Å². The zero-order valence-corrected chi connectivity index (χ0v) is 21.6. The quantitative estimate of drug-likeness (QED) is 0.342. The predicted molar refractivity (Wildman–Crippen MR) is 146 cm³/mol. The summed E-state index contributed by atoms with van der Waals surface area (Å²) in [6.07, 6.45) is 0.241. The van der Waals surface area contributed by atoms with Gasteiger partial charge in [0.2, 0.25) is 11.8 Å². The van der Waals surface area contributed by atoms with Gasteiger partial charge in [-0.2, -0.15) is 5.10 Å². The molecular formula is C30H32N4O3. The van der Waals surface area contributed by atoms with Crippen molar-refractivity contribution in [3.8, 4) is 22.6 Å². The van der Waals surface area contributed by atoms with Gasteiger partial charge in [0, 0.05) is 11.6 Å². The van der Waals surface area contributed by atoms with Crippen LogP contribution in [0.3, 0.4) is 0 Å². The second-order valence-corrected chi connectivity index (χ2v) is 9.11. The Bertz CT molecular complexity index is 1350. The summed E-state index contributed by atoms with van der Waals surface area (Å²) >= 11 is 0. The normalized spacial score (nSPS) is 10.8. The number of rotatable bonds is 9. The summed E-state index contributed by atoms with van der Waals surface area (Å²) in [6, 6.07) is 26.7. The maximum atomic E-state index is 13.4. The van der Waals surface area contributed by atoms with E-state index in [-0.39, 0.29) is 30.8 Å². The molecule has 37 heavy (non-hydrogen) atoms. The number of carbonyl (C=O) groups excluding carboxylic acids is 2. The van der Waals surface area contributed by atoms with Crippen molar-refractivity contribution in [2.75, 3.05) is 19.0 Å². The monoisotopic (exact) mass is 496 g/mol. The maximum absolute atomic E-state index is 13.4. The van der Waals surface area contributed by atoms with E-state index in [4.69, 9.17) is 9.84 Å². The van der Waals surface area contributed by atoms with Gasteiger partial charge < -0.3 is 15.0 Å². The van der Waals surface area contributed by atoms with Crippen molar-refractivity contribution in [3.05, 3.63) is 96.2 Å². The highest BCUT2D eigenvalue weighted by Crippen LogP contribution is 2.33. The summed E-state index contributed by atoms with van der Waals surface area (Å²) in [6.45, 7) is 5.68. The van der Waals surface area contributed by atoms with Crippen LogP contribution in [0, 0.1) is 6.92 Å². The van der Waals surface area contributed by atoms with Gasteiger partial charge in [0.1, 0.15) is 18.1 Å². The van der Waals surface area contributed by atoms with E-state index in [0.717, 1.165) is 33.8 Å². The van der Waals surface area contributed by atoms with E-state index in [2.05, 4.69) is 5.32 Å². The summed E-state index contributed by atoms with van der Waals surface area (Å²) < 4.78 is 7.02. The standard InChI is InChI=1S/C30H32N4O3/c1-21(2)33(28(36)19-23-11-7-5-8-12-23)20-27(35)31-30-29(24-13-9-6-10-14-24)22(3)32-34(30)25-15-17-26(37-4)18-16-25/h5-18,21H,19-20H2,1-4H3,(H,31,35). The number of methoxy groups -OCH3 is 1. The first-order valence-corrected chi connectivity index (χ1v) is 12.3. The number of benzene rings is 3. The molecule has 0 bridgehead atoms. The number of hydrogen-bond donors (Lipinski definition) is 1. The third kappa shape index (κ3) is 6.06. The van der Waals surface area contributed by atoms with Crippen LogP contribution < -0.4 is 10.1 Å². The molecule has 0 saturated heterocycles. The van der Waals surface area contributed by atoms with E-state index < -0.39 is 0 Å². The third-order valence-electron chi connectivity index (χ3n) is 6.15. The average Bonchev–Trinajstić information content (AvgIpc) is 3.23. The highest BCUT2D eigenvalue weighted by atomic mass is 16.5. The Balaban J connectivity index is 1.64. The van der Waals surface area contributed by atoms with Gasteiger partial charge in [-0.3, -0.25) is 9.59 Å². The molecule has 3 aromatic carbocycles. The van der Waals surface area contributed by atoms with Crippen LogP contribution in [-0.2, 0) is 16.0 Å². The molecule has 190 valence electrons. The predicted octanol–water partition coefficient (Wildman–Crippen LogP) is 5.27. The summed E-state index contributed by atoms with van der Waals surface area (Å²) in [5, 5.41) is 7.82. The molecule has 0 radical (unpaired) electrons. The van der Waals surface area contributed by atoms with E-state index in [9.17, 15) is 9.59 Å². The van der Waals surface area contributed by atoms with Crippen molar-refractivity contribution in [1.82, 2.24) is 14.7 Å². The van der Waals surface area contributed by atoms with Gasteiger partial charge >= 0.3 is 0 Å². The zero-order valence-electron chi connectivity index (χ0n) is 21.6. The molecule has 1 heterocycles. The average molecular weight is 497 g/mol. The first-order chi connectivity index (χ1) is 17.9. The van der Waals surface area contributed by atoms with Crippen LogP contribution in [0.25, 0.3) is 16.8 Å². The molecule has 0 aliphatic rings. The van der Waals surface area contributed by atoms with Gasteiger partial charge in [0.25, 0.3) is 0 Å². The van der Waals surface area contributed by atoms with Crippen molar-refractivity contribution < 1.29 is 14.3 Å². The highest BCUT2D eigenvalue weighted by Gasteiger charge is 2.24. The first kappa shape index (κ1) is 25.7. The molecule has 0 atom stereocenters. The molecule has 0 aliphatic carbocycles. The molecule has 7 heteroatoms. The molecule has 1 N–H and O–H groups in total. The van der Waals surface area contributed by atoms with Crippen LogP contribution in [-0.4, -0.2) is 46.2 Å². The van der Waals surface area contributed by atoms with Crippen molar-refractivity contribution in [2.24, 2.45) is 0 Å². The Kier molecular flexibility index (Phi) is 8.03. The SMILES string of the molecule is COc1ccc(-n2nc(C)c(-c3ccccc3)c2NC(=O)CN(C(=O)Cc2ccccc2)C(C)C)cc1. The molecule has 2 amide bonds. The third-order valence-corrected chi connectivity index (χ3v) is 6.15. The zero-order chi connectivity index (χ0) is 26.4. The molecule has 0 fully saturated rings. The Hall–Kier alpha value is -4.39. The van der Waals surface area contributed by atoms with Gasteiger partial charge in [0.15, 0.2) is 0 Å². The molecule has 0 saturated carbocycles. The topological polar surface area (TPSA) is 76.5 Å². The summed E-state index contributed by atoms with van der Waals surface area (Å²) in [5.41, 5.74) is 4.24. The number of ether oxygens (including phenoxy) is 1. The summed E-state index contributed by atoms with van der Waals surface area (Å²) in [5.74, 6) is 0.894. The van der Waals surface area contributed by atoms with E-state index in [1.807, 2.05) is 106 Å². The number of aromatic nitrogens is 2. The minimum atomic E-state index is -0.290. The molecule has 7 nitrogen and oxygen atoms in total. The number of amides is 2. The van der Waals surface area contributed by atoms with Crippen molar-refractivity contribution >= 4 is 17.6 Å². The number of anilines is 1. The molecule has 0 unspecified atom stereocenters. The lowest BCUT2D eigenvalue weighted by atomic mass is 10.1. The van der Waals surface area contributed by atoms with Gasteiger partial charge in [-0.15, -0.1) is 0 Å². The number of nitrogens with one attached hydrogen (secondary N) is 1. The highest BCUT2D eigenvalue weighted by molar-refractivity contribution is 5.98. The fourth-order valence-corrected chi connectivity index (χ4v) is 4.26.